The second-order valence-electron chi connectivity index (χ2n) is 5.05. The molecular weight excluding hydrogens is 391 g/mol. The molecule has 0 aliphatic heterocycles. The first kappa shape index (κ1) is 18.9. The molecule has 7 heteroatoms. The molecule has 0 atom stereocenters. The van der Waals surface area contributed by atoms with Crippen molar-refractivity contribution >= 4 is 28.1 Å². The van der Waals surface area contributed by atoms with Crippen LogP contribution in [0.15, 0.2) is 46.0 Å². The summed E-state index contributed by atoms with van der Waals surface area (Å²) >= 11 is 3.43. The second kappa shape index (κ2) is 9.17. The minimum atomic E-state index is -0.337. The number of hydrazone groups is 1. The van der Waals surface area contributed by atoms with Gasteiger partial charge in [0.1, 0.15) is 5.82 Å². The second-order valence-corrected chi connectivity index (χ2v) is 5.91. The number of rotatable bonds is 7. The molecule has 0 bridgehead atoms. The molecule has 2 rings (SSSR count). The van der Waals surface area contributed by atoms with Crippen molar-refractivity contribution in [2.45, 2.75) is 13.3 Å². The van der Waals surface area contributed by atoms with Crippen LogP contribution in [-0.4, -0.2) is 25.8 Å². The predicted octanol–water partition coefficient (Wildman–Crippen LogP) is 3.69. The van der Waals surface area contributed by atoms with Crippen LogP contribution in [0.2, 0.25) is 0 Å². The van der Waals surface area contributed by atoms with Gasteiger partial charge >= 0.3 is 0 Å². The summed E-state index contributed by atoms with van der Waals surface area (Å²) in [4.78, 5) is 11.9. The summed E-state index contributed by atoms with van der Waals surface area (Å²) < 4.78 is 24.4. The quantitative estimate of drug-likeness (QED) is 0.561. The smallest absolute Gasteiger partial charge is 0.244 e. The standard InChI is InChI=1S/C18H18BrFN2O3/c1-3-25-17-10-15(19)13(9-16(17)24-2)11-21-22-18(23)8-12-4-6-14(20)7-5-12/h4-7,9-11H,3,8H2,1-2H3,(H,22,23)/b21-11+. The fraction of sp³-hybridized carbons (Fsp3) is 0.222. The van der Waals surface area contributed by atoms with Gasteiger partial charge in [0.05, 0.1) is 26.4 Å². The van der Waals surface area contributed by atoms with Crippen LogP contribution in [0.4, 0.5) is 4.39 Å². The fourth-order valence-electron chi connectivity index (χ4n) is 2.08. The molecule has 1 amide bonds. The van der Waals surface area contributed by atoms with Gasteiger partial charge in [-0.1, -0.05) is 12.1 Å². The van der Waals surface area contributed by atoms with Crippen molar-refractivity contribution in [1.29, 1.82) is 0 Å². The zero-order valence-electron chi connectivity index (χ0n) is 13.9. The van der Waals surface area contributed by atoms with Crippen LogP contribution in [0, 0.1) is 5.82 Å². The number of hydrogen-bond acceptors (Lipinski definition) is 4. The lowest BCUT2D eigenvalue weighted by atomic mass is 10.1. The largest absolute Gasteiger partial charge is 0.493 e. The van der Waals surface area contributed by atoms with E-state index in [1.807, 2.05) is 6.92 Å². The van der Waals surface area contributed by atoms with Crippen molar-refractivity contribution in [3.05, 3.63) is 57.8 Å². The molecule has 25 heavy (non-hydrogen) atoms. The highest BCUT2D eigenvalue weighted by atomic mass is 79.9. The first-order valence-electron chi connectivity index (χ1n) is 7.60. The molecule has 0 heterocycles. The number of carbonyl (C=O) groups is 1. The van der Waals surface area contributed by atoms with Crippen LogP contribution >= 0.6 is 15.9 Å². The van der Waals surface area contributed by atoms with E-state index < -0.39 is 0 Å². The van der Waals surface area contributed by atoms with Gasteiger partial charge in [-0.05, 0) is 52.7 Å². The zero-order valence-corrected chi connectivity index (χ0v) is 15.5. The molecule has 0 aliphatic rings. The van der Waals surface area contributed by atoms with E-state index in [1.54, 1.807) is 31.4 Å². The molecule has 0 aromatic heterocycles. The summed E-state index contributed by atoms with van der Waals surface area (Å²) in [6, 6.07) is 9.29. The zero-order chi connectivity index (χ0) is 18.2. The Balaban J connectivity index is 2.01. The van der Waals surface area contributed by atoms with Gasteiger partial charge in [0, 0.05) is 10.0 Å². The summed E-state index contributed by atoms with van der Waals surface area (Å²) in [6.07, 6.45) is 1.62. The van der Waals surface area contributed by atoms with E-state index in [1.165, 1.54) is 18.3 Å². The average molecular weight is 409 g/mol. The molecule has 2 aromatic carbocycles. The molecule has 0 fully saturated rings. The number of methoxy groups -OCH3 is 1. The third-order valence-corrected chi connectivity index (χ3v) is 3.94. The highest BCUT2D eigenvalue weighted by Gasteiger charge is 2.09. The van der Waals surface area contributed by atoms with Crippen LogP contribution in [0.3, 0.4) is 0 Å². The van der Waals surface area contributed by atoms with Crippen molar-refractivity contribution < 1.29 is 18.7 Å². The normalized spacial score (nSPS) is 10.7. The Bertz CT molecular complexity index is 764. The van der Waals surface area contributed by atoms with Gasteiger partial charge < -0.3 is 9.47 Å². The number of hydrogen-bond donors (Lipinski definition) is 1. The minimum Gasteiger partial charge on any atom is -0.493 e. The lowest BCUT2D eigenvalue weighted by Crippen LogP contribution is -2.19. The molecule has 2 aromatic rings. The van der Waals surface area contributed by atoms with Gasteiger partial charge in [-0.25, -0.2) is 9.82 Å². The summed E-state index contributed by atoms with van der Waals surface area (Å²) in [5, 5.41) is 3.94. The topological polar surface area (TPSA) is 59.9 Å². The van der Waals surface area contributed by atoms with Crippen molar-refractivity contribution in [1.82, 2.24) is 5.43 Å². The van der Waals surface area contributed by atoms with Crippen LogP contribution < -0.4 is 14.9 Å². The molecule has 5 nitrogen and oxygen atoms in total. The van der Waals surface area contributed by atoms with E-state index in [2.05, 4.69) is 26.5 Å². The van der Waals surface area contributed by atoms with Gasteiger partial charge in [-0.15, -0.1) is 0 Å². The lowest BCUT2D eigenvalue weighted by molar-refractivity contribution is -0.120. The Labute approximate surface area is 154 Å². The molecule has 0 unspecified atom stereocenters. The Morgan fingerprint density at radius 2 is 2.00 bits per heavy atom. The molecule has 0 aliphatic carbocycles. The third-order valence-electron chi connectivity index (χ3n) is 3.25. The van der Waals surface area contributed by atoms with Crippen LogP contribution in [-0.2, 0) is 11.2 Å². The lowest BCUT2D eigenvalue weighted by Gasteiger charge is -2.11. The SMILES string of the molecule is CCOc1cc(Br)c(/C=N/NC(=O)Cc2ccc(F)cc2)cc1OC. The number of nitrogens with one attached hydrogen (secondary N) is 1. The maximum Gasteiger partial charge on any atom is 0.244 e. The Kier molecular flexibility index (Phi) is 6.94. The summed E-state index contributed by atoms with van der Waals surface area (Å²) in [5.74, 6) is 0.562. The Morgan fingerprint density at radius 1 is 1.28 bits per heavy atom. The maximum atomic E-state index is 12.8. The van der Waals surface area contributed by atoms with Gasteiger partial charge in [-0.3, -0.25) is 4.79 Å². The number of ether oxygens (including phenoxy) is 2. The third kappa shape index (κ3) is 5.56. The molecule has 0 saturated carbocycles. The molecule has 132 valence electrons. The number of halogens is 2. The summed E-state index contributed by atoms with van der Waals surface area (Å²) in [7, 11) is 1.55. The van der Waals surface area contributed by atoms with E-state index >= 15 is 0 Å². The molecule has 0 radical (unpaired) electrons. The average Bonchev–Trinajstić information content (AvgIpc) is 2.59. The highest BCUT2D eigenvalue weighted by molar-refractivity contribution is 9.10. The Morgan fingerprint density at radius 3 is 2.64 bits per heavy atom. The van der Waals surface area contributed by atoms with Gasteiger partial charge in [0.15, 0.2) is 11.5 Å². The molecule has 0 spiro atoms. The minimum absolute atomic E-state index is 0.116. The van der Waals surface area contributed by atoms with Crippen LogP contribution in [0.5, 0.6) is 11.5 Å². The van der Waals surface area contributed by atoms with E-state index in [-0.39, 0.29) is 18.1 Å². The summed E-state index contributed by atoms with van der Waals surface area (Å²) in [6.45, 7) is 2.41. The number of nitrogens with zero attached hydrogens (tertiary/aromatic N) is 1. The van der Waals surface area contributed by atoms with Crippen LogP contribution in [0.1, 0.15) is 18.1 Å². The number of benzene rings is 2. The van der Waals surface area contributed by atoms with Gasteiger partial charge in [0.25, 0.3) is 0 Å². The monoisotopic (exact) mass is 408 g/mol. The number of carbonyl (C=O) groups excluding carboxylic acids is 1. The van der Waals surface area contributed by atoms with Crippen molar-refractivity contribution in [3.63, 3.8) is 0 Å². The van der Waals surface area contributed by atoms with Crippen molar-refractivity contribution in [3.8, 4) is 11.5 Å². The molecule has 0 saturated heterocycles. The first-order valence-corrected chi connectivity index (χ1v) is 8.39. The van der Waals surface area contributed by atoms with E-state index in [0.717, 1.165) is 10.0 Å². The van der Waals surface area contributed by atoms with E-state index in [0.29, 0.717) is 23.7 Å². The number of amides is 1. The fourth-order valence-corrected chi connectivity index (χ4v) is 2.50. The maximum absolute atomic E-state index is 12.8. The van der Waals surface area contributed by atoms with E-state index in [4.69, 9.17) is 9.47 Å². The van der Waals surface area contributed by atoms with Crippen LogP contribution in [0.25, 0.3) is 0 Å². The van der Waals surface area contributed by atoms with Gasteiger partial charge in [0.2, 0.25) is 5.91 Å². The Hall–Kier alpha value is -2.41. The molecule has 1 N–H and O–H groups in total. The highest BCUT2D eigenvalue weighted by Crippen LogP contribution is 2.32. The predicted molar refractivity (Wildman–Crippen MR) is 97.7 cm³/mol. The van der Waals surface area contributed by atoms with E-state index in [9.17, 15) is 9.18 Å². The molecular formula is C18H18BrFN2O3. The van der Waals surface area contributed by atoms with Crippen molar-refractivity contribution in [2.75, 3.05) is 13.7 Å². The van der Waals surface area contributed by atoms with Crippen molar-refractivity contribution in [2.24, 2.45) is 5.10 Å². The van der Waals surface area contributed by atoms with Gasteiger partial charge in [-0.2, -0.15) is 5.10 Å². The first-order chi connectivity index (χ1) is 12.0. The summed E-state index contributed by atoms with van der Waals surface area (Å²) in [5.41, 5.74) is 3.87.